The Morgan fingerprint density at radius 3 is 3.00 bits per heavy atom. The van der Waals surface area contributed by atoms with Crippen LogP contribution in [-0.4, -0.2) is 53.6 Å². The van der Waals surface area contributed by atoms with Crippen molar-refractivity contribution in [2.45, 2.75) is 31.9 Å². The van der Waals surface area contributed by atoms with Crippen molar-refractivity contribution in [3.63, 3.8) is 0 Å². The second-order valence-electron chi connectivity index (χ2n) is 7.11. The van der Waals surface area contributed by atoms with Crippen molar-refractivity contribution < 1.29 is 9.53 Å². The number of likely N-dealkylation sites (N-methyl/N-ethyl adjacent to an activating group) is 1. The van der Waals surface area contributed by atoms with E-state index in [0.29, 0.717) is 23.6 Å². The third kappa shape index (κ3) is 3.21. The fraction of sp³-hybridized carbons (Fsp3) is 0.588. The average Bonchev–Trinajstić information content (AvgIpc) is 3.14. The van der Waals surface area contributed by atoms with Crippen LogP contribution in [0.1, 0.15) is 25.1 Å². The Morgan fingerprint density at radius 2 is 2.20 bits per heavy atom. The number of esters is 1. The number of hydrogen-bond acceptors (Lipinski definition) is 7. The molecule has 2 aromatic rings. The Morgan fingerprint density at radius 1 is 1.40 bits per heavy atom. The van der Waals surface area contributed by atoms with Gasteiger partial charge in [-0.05, 0) is 44.4 Å². The molecule has 2 aliphatic rings. The summed E-state index contributed by atoms with van der Waals surface area (Å²) in [6.45, 7) is 2.92. The molecule has 0 saturated carbocycles. The Bertz CT molecular complexity index is 840. The molecular formula is C17H22N4O3S. The highest BCUT2D eigenvalue weighted by Gasteiger charge is 2.49. The van der Waals surface area contributed by atoms with Crippen LogP contribution in [0.5, 0.6) is 0 Å². The standard InChI is InChI=1S/C17H22N4O3S/c1-21(10-13-19-12-2-7-25-14(12)15(22)20-13)9-11-8-17(16(23)24-11)3-5-18-6-4-17/h2,7,11,18H,3-6,8-10H2,1H3,(H,19,20,22). The van der Waals surface area contributed by atoms with Gasteiger partial charge in [-0.1, -0.05) is 0 Å². The first-order valence-corrected chi connectivity index (χ1v) is 9.50. The van der Waals surface area contributed by atoms with Crippen LogP contribution in [0.4, 0.5) is 0 Å². The Kier molecular flexibility index (Phi) is 4.35. The van der Waals surface area contributed by atoms with E-state index in [2.05, 4.69) is 20.2 Å². The summed E-state index contributed by atoms with van der Waals surface area (Å²) >= 11 is 1.40. The maximum Gasteiger partial charge on any atom is 0.312 e. The molecule has 1 atom stereocenters. The van der Waals surface area contributed by atoms with E-state index in [0.717, 1.165) is 37.9 Å². The highest BCUT2D eigenvalue weighted by atomic mass is 32.1. The van der Waals surface area contributed by atoms with E-state index in [9.17, 15) is 9.59 Å². The molecule has 4 heterocycles. The van der Waals surface area contributed by atoms with Gasteiger partial charge in [0.1, 0.15) is 16.6 Å². The number of carbonyl (C=O) groups is 1. The number of carbonyl (C=O) groups excluding carboxylic acids is 1. The van der Waals surface area contributed by atoms with Gasteiger partial charge in [0, 0.05) is 13.0 Å². The number of hydrogen-bond donors (Lipinski definition) is 2. The predicted molar refractivity (Wildman–Crippen MR) is 95.6 cm³/mol. The number of ether oxygens (including phenoxy) is 1. The number of aromatic nitrogens is 2. The largest absolute Gasteiger partial charge is 0.461 e. The van der Waals surface area contributed by atoms with Gasteiger partial charge in [0.05, 0.1) is 17.5 Å². The summed E-state index contributed by atoms with van der Waals surface area (Å²) in [6.07, 6.45) is 2.41. The molecule has 0 aliphatic carbocycles. The monoisotopic (exact) mass is 362 g/mol. The third-order valence-corrected chi connectivity index (χ3v) is 6.09. The molecule has 2 N–H and O–H groups in total. The van der Waals surface area contributed by atoms with Crippen molar-refractivity contribution in [3.8, 4) is 0 Å². The van der Waals surface area contributed by atoms with Gasteiger partial charge in [0.15, 0.2) is 0 Å². The molecule has 2 aromatic heterocycles. The first-order chi connectivity index (χ1) is 12.1. The van der Waals surface area contributed by atoms with Gasteiger partial charge in [0.2, 0.25) is 0 Å². The number of aromatic amines is 1. The van der Waals surface area contributed by atoms with E-state index < -0.39 is 0 Å². The van der Waals surface area contributed by atoms with Gasteiger partial charge in [-0.25, -0.2) is 4.98 Å². The van der Waals surface area contributed by atoms with E-state index in [1.807, 2.05) is 18.5 Å². The van der Waals surface area contributed by atoms with Crippen LogP contribution in [-0.2, 0) is 16.1 Å². The van der Waals surface area contributed by atoms with Gasteiger partial charge in [-0.3, -0.25) is 14.5 Å². The van der Waals surface area contributed by atoms with Crippen LogP contribution in [0.25, 0.3) is 10.2 Å². The lowest BCUT2D eigenvalue weighted by Gasteiger charge is -2.29. The summed E-state index contributed by atoms with van der Waals surface area (Å²) in [5.41, 5.74) is 0.348. The van der Waals surface area contributed by atoms with Crippen LogP contribution < -0.4 is 10.9 Å². The molecule has 2 aliphatic heterocycles. The fourth-order valence-corrected chi connectivity index (χ4v) is 4.64. The van der Waals surface area contributed by atoms with E-state index in [-0.39, 0.29) is 23.0 Å². The Labute approximate surface area is 149 Å². The number of fused-ring (bicyclic) bond motifs is 1. The molecule has 8 heteroatoms. The number of nitrogens with one attached hydrogen (secondary N) is 2. The first-order valence-electron chi connectivity index (χ1n) is 8.62. The maximum absolute atomic E-state index is 12.3. The summed E-state index contributed by atoms with van der Waals surface area (Å²) < 4.78 is 6.30. The molecule has 7 nitrogen and oxygen atoms in total. The van der Waals surface area contributed by atoms with Crippen molar-refractivity contribution >= 4 is 27.5 Å². The summed E-state index contributed by atoms with van der Waals surface area (Å²) in [5.74, 6) is 0.595. The minimum atomic E-state index is -0.293. The average molecular weight is 362 g/mol. The van der Waals surface area contributed by atoms with Crippen LogP contribution in [0.3, 0.4) is 0 Å². The summed E-state index contributed by atoms with van der Waals surface area (Å²) in [4.78, 5) is 33.8. The molecule has 0 radical (unpaired) electrons. The topological polar surface area (TPSA) is 87.3 Å². The number of nitrogens with zero attached hydrogens (tertiary/aromatic N) is 2. The molecular weight excluding hydrogens is 340 g/mol. The van der Waals surface area contributed by atoms with Crippen LogP contribution in [0.15, 0.2) is 16.2 Å². The Balaban J connectivity index is 1.41. The number of piperidine rings is 1. The normalized spacial score (nSPS) is 22.8. The Hall–Kier alpha value is -1.77. The molecule has 1 unspecified atom stereocenters. The minimum Gasteiger partial charge on any atom is -0.461 e. The molecule has 0 aromatic carbocycles. The van der Waals surface area contributed by atoms with Crippen molar-refractivity contribution in [2.75, 3.05) is 26.7 Å². The minimum absolute atomic E-state index is 0.0429. The molecule has 1 spiro atoms. The van der Waals surface area contributed by atoms with Crippen molar-refractivity contribution in [3.05, 3.63) is 27.6 Å². The lowest BCUT2D eigenvalue weighted by atomic mass is 9.76. The summed E-state index contributed by atoms with van der Waals surface area (Å²) in [7, 11) is 1.96. The first kappa shape index (κ1) is 16.7. The van der Waals surface area contributed by atoms with Gasteiger partial charge < -0.3 is 15.0 Å². The molecule has 2 saturated heterocycles. The SMILES string of the molecule is CN(Cc1nc2ccsc2c(=O)[nH]1)CC1CC2(CCNCC2)C(=O)O1. The van der Waals surface area contributed by atoms with Gasteiger partial charge in [0.25, 0.3) is 5.56 Å². The number of H-pyrrole nitrogens is 1. The maximum atomic E-state index is 12.3. The third-order valence-electron chi connectivity index (χ3n) is 5.18. The van der Waals surface area contributed by atoms with E-state index in [1.165, 1.54) is 11.3 Å². The lowest BCUT2D eigenvalue weighted by molar-refractivity contribution is -0.150. The zero-order valence-corrected chi connectivity index (χ0v) is 15.0. The lowest BCUT2D eigenvalue weighted by Crippen LogP contribution is -2.39. The second-order valence-corrected chi connectivity index (χ2v) is 8.02. The van der Waals surface area contributed by atoms with E-state index in [4.69, 9.17) is 4.74 Å². The molecule has 0 bridgehead atoms. The summed E-state index contributed by atoms with van der Waals surface area (Å²) in [6, 6.07) is 1.86. The van der Waals surface area contributed by atoms with E-state index >= 15 is 0 Å². The zero-order chi connectivity index (χ0) is 17.4. The van der Waals surface area contributed by atoms with Crippen LogP contribution in [0, 0.1) is 5.41 Å². The van der Waals surface area contributed by atoms with Crippen molar-refractivity contribution in [1.82, 2.24) is 20.2 Å². The summed E-state index contributed by atoms with van der Waals surface area (Å²) in [5, 5.41) is 5.17. The van der Waals surface area contributed by atoms with Gasteiger partial charge in [-0.15, -0.1) is 11.3 Å². The number of rotatable bonds is 4. The highest BCUT2D eigenvalue weighted by Crippen LogP contribution is 2.41. The smallest absolute Gasteiger partial charge is 0.312 e. The molecule has 2 fully saturated rings. The predicted octanol–water partition coefficient (Wildman–Crippen LogP) is 1.10. The van der Waals surface area contributed by atoms with Crippen LogP contribution >= 0.6 is 11.3 Å². The van der Waals surface area contributed by atoms with Gasteiger partial charge >= 0.3 is 5.97 Å². The quantitative estimate of drug-likeness (QED) is 0.792. The molecule has 4 rings (SSSR count). The zero-order valence-electron chi connectivity index (χ0n) is 14.2. The van der Waals surface area contributed by atoms with Crippen LogP contribution in [0.2, 0.25) is 0 Å². The number of thiophene rings is 1. The second kappa shape index (κ2) is 6.51. The molecule has 25 heavy (non-hydrogen) atoms. The molecule has 0 amide bonds. The highest BCUT2D eigenvalue weighted by molar-refractivity contribution is 7.17. The fourth-order valence-electron chi connectivity index (χ4n) is 3.92. The van der Waals surface area contributed by atoms with Gasteiger partial charge in [-0.2, -0.15) is 0 Å². The molecule has 134 valence electrons. The van der Waals surface area contributed by atoms with Crippen molar-refractivity contribution in [1.29, 1.82) is 0 Å². The van der Waals surface area contributed by atoms with E-state index in [1.54, 1.807) is 0 Å². The number of cyclic esters (lactones) is 1. The van der Waals surface area contributed by atoms with Crippen molar-refractivity contribution in [2.24, 2.45) is 5.41 Å².